The summed E-state index contributed by atoms with van der Waals surface area (Å²) in [5.41, 5.74) is 0.701. The summed E-state index contributed by atoms with van der Waals surface area (Å²) in [5, 5.41) is 10.8. The van der Waals surface area contributed by atoms with Gasteiger partial charge in [-0.15, -0.1) is 0 Å². The molecule has 1 aromatic carbocycles. The molecule has 5 heterocycles. The maximum atomic E-state index is 15.2. The Hall–Kier alpha value is -3.99. The van der Waals surface area contributed by atoms with Gasteiger partial charge in [-0.1, -0.05) is 18.2 Å². The van der Waals surface area contributed by atoms with Crippen molar-refractivity contribution in [2.24, 2.45) is 5.41 Å². The van der Waals surface area contributed by atoms with Crippen LogP contribution in [0.2, 0.25) is 0 Å². The van der Waals surface area contributed by atoms with Crippen LogP contribution >= 0.6 is 0 Å². The zero-order chi connectivity index (χ0) is 27.5. The van der Waals surface area contributed by atoms with E-state index in [1.54, 1.807) is 42.6 Å². The molecule has 1 aliphatic carbocycles. The molecule has 0 spiro atoms. The second-order valence-electron chi connectivity index (χ2n) is 10.4. The van der Waals surface area contributed by atoms with Gasteiger partial charge in [-0.3, -0.25) is 4.79 Å². The fraction of sp³-hybridized carbons (Fsp3) is 0.357. The summed E-state index contributed by atoms with van der Waals surface area (Å²) in [7, 11) is 0. The van der Waals surface area contributed by atoms with Gasteiger partial charge in [0.1, 0.15) is 23.3 Å². The van der Waals surface area contributed by atoms with E-state index in [0.717, 1.165) is 0 Å². The first-order chi connectivity index (χ1) is 18.6. The van der Waals surface area contributed by atoms with E-state index in [0.29, 0.717) is 41.0 Å². The van der Waals surface area contributed by atoms with E-state index in [4.69, 9.17) is 4.74 Å². The third kappa shape index (κ3) is 4.12. The van der Waals surface area contributed by atoms with Crippen molar-refractivity contribution in [1.82, 2.24) is 19.4 Å². The van der Waals surface area contributed by atoms with Gasteiger partial charge in [0, 0.05) is 53.5 Å². The third-order valence-electron chi connectivity index (χ3n) is 7.89. The number of aryl methyl sites for hydroxylation is 1. The lowest BCUT2D eigenvalue weighted by Gasteiger charge is -2.51. The SMILES string of the molecule is Cc1nc2cc(F)c(-c3cnc(C45CC[C@@](C)(CC4O)C(=O)O5)nc3)cn2c1Cc1ccccc1OC(F)F. The van der Waals surface area contributed by atoms with Crippen molar-refractivity contribution in [2.45, 2.75) is 57.8 Å². The highest BCUT2D eigenvalue weighted by Crippen LogP contribution is 2.53. The fourth-order valence-corrected chi connectivity index (χ4v) is 5.60. The highest BCUT2D eigenvalue weighted by molar-refractivity contribution is 5.79. The number of carbonyl (C=O) groups is 1. The van der Waals surface area contributed by atoms with E-state index in [2.05, 4.69) is 19.7 Å². The number of pyridine rings is 1. The number of benzene rings is 1. The van der Waals surface area contributed by atoms with Crippen LogP contribution in [0.4, 0.5) is 13.2 Å². The first-order valence-corrected chi connectivity index (χ1v) is 12.5. The Morgan fingerprint density at radius 1 is 1.23 bits per heavy atom. The molecule has 2 bridgehead atoms. The number of para-hydroxylation sites is 1. The van der Waals surface area contributed by atoms with Crippen LogP contribution in [-0.2, 0) is 21.6 Å². The highest BCUT2D eigenvalue weighted by atomic mass is 19.3. The minimum atomic E-state index is -2.96. The van der Waals surface area contributed by atoms with Crippen molar-refractivity contribution in [2.75, 3.05) is 0 Å². The van der Waals surface area contributed by atoms with E-state index in [1.807, 2.05) is 0 Å². The van der Waals surface area contributed by atoms with Crippen LogP contribution < -0.4 is 4.74 Å². The summed E-state index contributed by atoms with van der Waals surface area (Å²) >= 11 is 0. The molecule has 2 saturated heterocycles. The van der Waals surface area contributed by atoms with E-state index < -0.39 is 29.5 Å². The van der Waals surface area contributed by atoms with E-state index in [1.165, 1.54) is 24.5 Å². The molecular weight excluding hydrogens is 513 g/mol. The second-order valence-corrected chi connectivity index (χ2v) is 10.4. The van der Waals surface area contributed by atoms with Crippen LogP contribution in [0, 0.1) is 18.2 Å². The number of fused-ring (bicyclic) bond motifs is 4. The number of aliphatic hydroxyl groups is 1. The van der Waals surface area contributed by atoms with E-state index in [-0.39, 0.29) is 35.9 Å². The van der Waals surface area contributed by atoms with Gasteiger partial charge in [-0.2, -0.15) is 8.78 Å². The van der Waals surface area contributed by atoms with Crippen LogP contribution in [0.5, 0.6) is 5.75 Å². The Bertz CT molecular complexity index is 1590. The van der Waals surface area contributed by atoms with Crippen molar-refractivity contribution >= 4 is 11.6 Å². The quantitative estimate of drug-likeness (QED) is 0.354. The predicted octanol–water partition coefficient (Wildman–Crippen LogP) is 4.73. The largest absolute Gasteiger partial charge is 0.448 e. The number of halogens is 3. The number of hydrogen-bond acceptors (Lipinski definition) is 7. The summed E-state index contributed by atoms with van der Waals surface area (Å²) in [6, 6.07) is 7.78. The molecule has 7 rings (SSSR count). The Kier molecular flexibility index (Phi) is 5.87. The maximum Gasteiger partial charge on any atom is 0.387 e. The van der Waals surface area contributed by atoms with Crippen molar-refractivity contribution < 1.29 is 32.5 Å². The van der Waals surface area contributed by atoms with Gasteiger partial charge < -0.3 is 19.0 Å². The van der Waals surface area contributed by atoms with Gasteiger partial charge in [0.15, 0.2) is 11.4 Å². The molecule has 3 aromatic heterocycles. The molecule has 3 aliphatic rings. The van der Waals surface area contributed by atoms with E-state index in [9.17, 15) is 18.7 Å². The Morgan fingerprint density at radius 2 is 1.97 bits per heavy atom. The molecule has 3 fully saturated rings. The van der Waals surface area contributed by atoms with Crippen molar-refractivity contribution in [3.63, 3.8) is 0 Å². The molecular formula is C28H25F3N4O4. The fourth-order valence-electron chi connectivity index (χ4n) is 5.60. The molecule has 2 unspecified atom stereocenters. The van der Waals surface area contributed by atoms with Crippen molar-refractivity contribution in [1.29, 1.82) is 0 Å². The van der Waals surface area contributed by atoms with Gasteiger partial charge in [-0.05, 0) is 39.2 Å². The number of carbonyl (C=O) groups excluding carboxylic acids is 1. The molecule has 2 aliphatic heterocycles. The number of nitrogens with zero attached hydrogens (tertiary/aromatic N) is 4. The molecule has 1 N–H and O–H groups in total. The first-order valence-electron chi connectivity index (χ1n) is 12.5. The smallest absolute Gasteiger partial charge is 0.387 e. The maximum absolute atomic E-state index is 15.2. The normalized spacial score (nSPS) is 24.4. The van der Waals surface area contributed by atoms with Gasteiger partial charge in [-0.25, -0.2) is 19.3 Å². The standard InChI is InChI=1S/C28H25F3N4O4/c1-15-20(9-16-5-3-4-6-21(16)38-26(30)31)35-14-18(19(29)10-23(35)34-15)17-12-32-24(33-13-17)28-8-7-27(2,11-22(28)36)25(37)39-28/h3-6,10,12-14,22,26,36H,7-9,11H2,1-2H3/t22?,27-,28?/m0/s1. The lowest BCUT2D eigenvalue weighted by Crippen LogP contribution is -2.60. The van der Waals surface area contributed by atoms with Crippen LogP contribution in [0.3, 0.4) is 0 Å². The molecule has 4 aromatic rings. The molecule has 3 atom stereocenters. The Morgan fingerprint density at radius 3 is 2.67 bits per heavy atom. The lowest BCUT2D eigenvalue weighted by molar-refractivity contribution is -0.235. The molecule has 39 heavy (non-hydrogen) atoms. The number of aliphatic hydroxyl groups excluding tert-OH is 1. The minimum Gasteiger partial charge on any atom is -0.448 e. The molecule has 11 heteroatoms. The van der Waals surface area contributed by atoms with Crippen LogP contribution in [-0.4, -0.2) is 43.1 Å². The molecule has 0 amide bonds. The number of esters is 1. The average Bonchev–Trinajstić information content (AvgIpc) is 3.19. The Labute approximate surface area is 221 Å². The van der Waals surface area contributed by atoms with Gasteiger partial charge in [0.05, 0.1) is 11.1 Å². The summed E-state index contributed by atoms with van der Waals surface area (Å²) in [4.78, 5) is 25.7. The van der Waals surface area contributed by atoms with Crippen LogP contribution in [0.1, 0.15) is 49.0 Å². The van der Waals surface area contributed by atoms with Crippen LogP contribution in [0.15, 0.2) is 48.9 Å². The summed E-state index contributed by atoms with van der Waals surface area (Å²) < 4.78 is 53.1. The first kappa shape index (κ1) is 25.3. The zero-order valence-electron chi connectivity index (χ0n) is 21.2. The number of alkyl halides is 2. The summed E-state index contributed by atoms with van der Waals surface area (Å²) in [5.74, 6) is -0.703. The topological polar surface area (TPSA) is 98.8 Å². The number of rotatable bonds is 6. The number of imidazole rings is 1. The van der Waals surface area contributed by atoms with Gasteiger partial charge in [0.2, 0.25) is 0 Å². The number of hydrogen-bond donors (Lipinski definition) is 1. The monoisotopic (exact) mass is 538 g/mol. The van der Waals surface area contributed by atoms with Gasteiger partial charge >= 0.3 is 12.6 Å². The highest BCUT2D eigenvalue weighted by Gasteiger charge is 2.61. The second kappa shape index (κ2) is 9.04. The minimum absolute atomic E-state index is 0.0566. The molecule has 202 valence electrons. The molecule has 8 nitrogen and oxygen atoms in total. The van der Waals surface area contributed by atoms with Crippen molar-refractivity contribution in [3.8, 4) is 16.9 Å². The summed E-state index contributed by atoms with van der Waals surface area (Å²) in [6.45, 7) is 0.578. The number of ether oxygens (including phenoxy) is 2. The third-order valence-corrected chi connectivity index (χ3v) is 7.89. The Balaban J connectivity index is 1.35. The van der Waals surface area contributed by atoms with Crippen molar-refractivity contribution in [3.05, 3.63) is 77.5 Å². The number of aromatic nitrogens is 4. The predicted molar refractivity (Wildman–Crippen MR) is 133 cm³/mol. The lowest BCUT2D eigenvalue weighted by atomic mass is 9.65. The zero-order valence-corrected chi connectivity index (χ0v) is 21.2. The van der Waals surface area contributed by atoms with E-state index >= 15 is 4.39 Å². The summed E-state index contributed by atoms with van der Waals surface area (Å²) in [6.07, 6.45) is 4.91. The van der Waals surface area contributed by atoms with Crippen LogP contribution in [0.25, 0.3) is 16.8 Å². The van der Waals surface area contributed by atoms with Gasteiger partial charge in [0.25, 0.3) is 0 Å². The molecule has 0 radical (unpaired) electrons. The molecule has 1 saturated carbocycles. The average molecular weight is 539 g/mol.